The molecule has 2 saturated heterocycles. The molecule has 1 N–H and O–H groups in total. The largest absolute Gasteiger partial charge is 0.394 e. The van der Waals surface area contributed by atoms with Gasteiger partial charge in [0, 0.05) is 25.7 Å². The summed E-state index contributed by atoms with van der Waals surface area (Å²) in [4.78, 5) is 48.3. The Hall–Kier alpha value is -2.97. The summed E-state index contributed by atoms with van der Waals surface area (Å²) in [7, 11) is 0. The molecule has 4 aliphatic rings. The first-order valence-electron chi connectivity index (χ1n) is 14.8. The minimum atomic E-state index is -1.27. The molecule has 1 aromatic rings. The van der Waals surface area contributed by atoms with Crippen LogP contribution in [0.2, 0.25) is 0 Å². The number of fused-ring (bicyclic) bond motifs is 2. The van der Waals surface area contributed by atoms with E-state index in [2.05, 4.69) is 6.92 Å². The molecule has 0 bridgehead atoms. The molecule has 0 aromatic heterocycles. The Bertz CT molecular complexity index is 1170. The van der Waals surface area contributed by atoms with E-state index in [1.165, 1.54) is 0 Å². The van der Waals surface area contributed by atoms with E-state index >= 15 is 0 Å². The number of benzene rings is 1. The number of carbonyl (C=O) groups is 3. The maximum atomic E-state index is 14.5. The van der Waals surface area contributed by atoms with Crippen LogP contribution in [-0.2, 0) is 25.7 Å². The molecule has 2 fully saturated rings. The van der Waals surface area contributed by atoms with Gasteiger partial charge >= 0.3 is 0 Å². The number of amides is 3. The molecule has 8 nitrogen and oxygen atoms in total. The summed E-state index contributed by atoms with van der Waals surface area (Å²) in [6.07, 6.45) is 9.37. The summed E-state index contributed by atoms with van der Waals surface area (Å²) in [5, 5.41) is 10.5. The average molecular weight is 550 g/mol. The highest BCUT2D eigenvalue weighted by Gasteiger charge is 2.72. The number of hydrogen-bond donors (Lipinski definition) is 1. The molecule has 0 radical (unpaired) electrons. The second-order valence-corrected chi connectivity index (χ2v) is 12.2. The average Bonchev–Trinajstić information content (AvgIpc) is 3.25. The first-order valence-corrected chi connectivity index (χ1v) is 14.8. The molecule has 0 aliphatic carbocycles. The van der Waals surface area contributed by atoms with E-state index in [4.69, 9.17) is 4.74 Å². The number of rotatable bonds is 9. The molecule has 2 unspecified atom stereocenters. The second-order valence-electron chi connectivity index (χ2n) is 12.2. The molecule has 3 amide bonds. The first kappa shape index (κ1) is 28.6. The standard InChI is InChI=1S/C32H43N3O5/c1-5-11-22(4)34-17-10-15-32-27(30(38)35(28(32)31(34)39)24(20-36)18-21(2)3)26-25(40-32)14-9-16-33(29(26)37)19-23-12-7-6-8-13-23/h6-10,12-15,21-22,24-28,36H,5,11,16-20H2,1-4H3/t22?,24-,25+,26-,27+,28?,32+/m1/s1. The third kappa shape index (κ3) is 4.79. The zero-order valence-corrected chi connectivity index (χ0v) is 24.1. The van der Waals surface area contributed by atoms with E-state index in [-0.39, 0.29) is 36.3 Å². The molecule has 7 atom stereocenters. The van der Waals surface area contributed by atoms with Crippen LogP contribution in [0.4, 0.5) is 0 Å². The van der Waals surface area contributed by atoms with Gasteiger partial charge in [-0.2, -0.15) is 0 Å². The lowest BCUT2D eigenvalue weighted by molar-refractivity contribution is -0.152. The number of aliphatic hydroxyl groups excluding tert-OH is 1. The zero-order valence-electron chi connectivity index (χ0n) is 24.1. The summed E-state index contributed by atoms with van der Waals surface area (Å²) >= 11 is 0. The van der Waals surface area contributed by atoms with Crippen molar-refractivity contribution in [1.82, 2.24) is 14.7 Å². The monoisotopic (exact) mass is 549 g/mol. The van der Waals surface area contributed by atoms with E-state index in [1.54, 1.807) is 9.80 Å². The normalized spacial score (nSPS) is 31.2. The molecule has 1 aromatic carbocycles. The minimum absolute atomic E-state index is 0.0132. The molecule has 1 spiro atoms. The summed E-state index contributed by atoms with van der Waals surface area (Å²) in [5.74, 6) is -1.98. The minimum Gasteiger partial charge on any atom is -0.394 e. The van der Waals surface area contributed by atoms with Crippen molar-refractivity contribution in [3.63, 3.8) is 0 Å². The van der Waals surface area contributed by atoms with E-state index in [0.29, 0.717) is 26.1 Å². The predicted octanol–water partition coefficient (Wildman–Crippen LogP) is 3.16. The van der Waals surface area contributed by atoms with E-state index < -0.39 is 35.6 Å². The summed E-state index contributed by atoms with van der Waals surface area (Å²) in [6.45, 7) is 9.23. The first-order chi connectivity index (χ1) is 19.2. The van der Waals surface area contributed by atoms with Crippen molar-refractivity contribution >= 4 is 17.7 Å². The topological polar surface area (TPSA) is 90.4 Å². The number of aliphatic hydroxyl groups is 1. The molecule has 0 saturated carbocycles. The van der Waals surface area contributed by atoms with Crippen molar-refractivity contribution < 1.29 is 24.2 Å². The SMILES string of the molecule is CCCC(C)N1CC=C[C@]23O[C@H]4C=CCN(Cc5ccccc5)C(=O)[C@H]4[C@H]2C(=O)N([C@@H](CO)CC(C)C)C3C1=O. The smallest absolute Gasteiger partial charge is 0.249 e. The van der Waals surface area contributed by atoms with Gasteiger partial charge in [0.1, 0.15) is 11.6 Å². The van der Waals surface area contributed by atoms with Gasteiger partial charge in [0.2, 0.25) is 17.7 Å². The Morgan fingerprint density at radius 2 is 1.77 bits per heavy atom. The van der Waals surface area contributed by atoms with Crippen LogP contribution < -0.4 is 0 Å². The number of nitrogens with zero attached hydrogens (tertiary/aromatic N) is 3. The Morgan fingerprint density at radius 3 is 2.45 bits per heavy atom. The molecular weight excluding hydrogens is 506 g/mol. The van der Waals surface area contributed by atoms with Gasteiger partial charge in [-0.25, -0.2) is 0 Å². The van der Waals surface area contributed by atoms with E-state index in [1.807, 2.05) is 80.3 Å². The van der Waals surface area contributed by atoms with Crippen LogP contribution >= 0.6 is 0 Å². The van der Waals surface area contributed by atoms with E-state index in [0.717, 1.165) is 18.4 Å². The fourth-order valence-corrected chi connectivity index (χ4v) is 7.28. The number of ether oxygens (including phenoxy) is 1. The number of carbonyl (C=O) groups excluding carboxylic acids is 3. The highest BCUT2D eigenvalue weighted by Crippen LogP contribution is 2.54. The van der Waals surface area contributed by atoms with E-state index in [9.17, 15) is 19.5 Å². The molecule has 4 heterocycles. The zero-order chi connectivity index (χ0) is 28.6. The molecular formula is C32H43N3O5. The maximum Gasteiger partial charge on any atom is 0.249 e. The number of hydrogen-bond acceptors (Lipinski definition) is 5. The van der Waals surface area contributed by atoms with Crippen LogP contribution in [0, 0.1) is 17.8 Å². The van der Waals surface area contributed by atoms with Gasteiger partial charge in [-0.05, 0) is 31.2 Å². The summed E-state index contributed by atoms with van der Waals surface area (Å²) in [5.41, 5.74) is -0.263. The van der Waals surface area contributed by atoms with Crippen LogP contribution in [0.3, 0.4) is 0 Å². The number of likely N-dealkylation sites (tertiary alicyclic amines) is 1. The highest BCUT2D eigenvalue weighted by molar-refractivity contribution is 6.00. The Kier molecular flexibility index (Phi) is 8.20. The molecule has 8 heteroatoms. The van der Waals surface area contributed by atoms with Crippen molar-refractivity contribution in [2.75, 3.05) is 19.7 Å². The van der Waals surface area contributed by atoms with Gasteiger partial charge in [-0.15, -0.1) is 0 Å². The Balaban J connectivity index is 1.57. The highest BCUT2D eigenvalue weighted by atomic mass is 16.5. The van der Waals surface area contributed by atoms with Gasteiger partial charge in [0.15, 0.2) is 0 Å². The molecule has 216 valence electrons. The molecule has 4 aliphatic heterocycles. The lowest BCUT2D eigenvalue weighted by atomic mass is 9.77. The lowest BCUT2D eigenvalue weighted by Crippen LogP contribution is -2.59. The van der Waals surface area contributed by atoms with Crippen LogP contribution in [0.5, 0.6) is 0 Å². The van der Waals surface area contributed by atoms with Gasteiger partial charge in [0.05, 0.1) is 30.6 Å². The van der Waals surface area contributed by atoms with Gasteiger partial charge in [-0.3, -0.25) is 14.4 Å². The van der Waals surface area contributed by atoms with Gasteiger partial charge < -0.3 is 24.5 Å². The van der Waals surface area contributed by atoms with Crippen LogP contribution in [0.15, 0.2) is 54.6 Å². The Morgan fingerprint density at radius 1 is 1.02 bits per heavy atom. The maximum absolute atomic E-state index is 14.5. The van der Waals surface area contributed by atoms with Crippen molar-refractivity contribution in [2.45, 2.75) is 83.3 Å². The quantitative estimate of drug-likeness (QED) is 0.478. The van der Waals surface area contributed by atoms with Crippen molar-refractivity contribution in [1.29, 1.82) is 0 Å². The predicted molar refractivity (Wildman–Crippen MR) is 152 cm³/mol. The van der Waals surface area contributed by atoms with Gasteiger partial charge in [-0.1, -0.05) is 81.8 Å². The van der Waals surface area contributed by atoms with Crippen LogP contribution in [0.1, 0.15) is 52.5 Å². The van der Waals surface area contributed by atoms with Crippen molar-refractivity contribution in [3.8, 4) is 0 Å². The molecule has 5 rings (SSSR count). The van der Waals surface area contributed by atoms with Crippen molar-refractivity contribution in [3.05, 3.63) is 60.2 Å². The van der Waals surface area contributed by atoms with Gasteiger partial charge in [0.25, 0.3) is 0 Å². The third-order valence-electron chi connectivity index (χ3n) is 9.01. The van der Waals surface area contributed by atoms with Crippen molar-refractivity contribution in [2.24, 2.45) is 17.8 Å². The lowest BCUT2D eigenvalue weighted by Gasteiger charge is -2.40. The summed E-state index contributed by atoms with van der Waals surface area (Å²) < 4.78 is 6.76. The summed E-state index contributed by atoms with van der Waals surface area (Å²) in [6, 6.07) is 8.32. The van der Waals surface area contributed by atoms with Crippen LogP contribution in [0.25, 0.3) is 0 Å². The third-order valence-corrected chi connectivity index (χ3v) is 9.01. The van der Waals surface area contributed by atoms with Crippen LogP contribution in [-0.4, -0.2) is 87.1 Å². The Labute approximate surface area is 237 Å². The second kappa shape index (κ2) is 11.5. The fraction of sp³-hybridized carbons (Fsp3) is 0.594. The molecule has 40 heavy (non-hydrogen) atoms. The fourth-order valence-electron chi connectivity index (χ4n) is 7.28.